The van der Waals surface area contributed by atoms with Gasteiger partial charge in [0.15, 0.2) is 11.0 Å². The third-order valence-electron chi connectivity index (χ3n) is 1.97. The Morgan fingerprint density at radius 3 is 2.47 bits per heavy atom. The van der Waals surface area contributed by atoms with Crippen LogP contribution in [0, 0.1) is 0 Å². The van der Waals surface area contributed by atoms with Crippen molar-refractivity contribution < 1.29 is 0 Å². The molecule has 0 bridgehead atoms. The fourth-order valence-corrected chi connectivity index (χ4v) is 1.84. The van der Waals surface area contributed by atoms with Crippen LogP contribution in [0.1, 0.15) is 0 Å². The standard InChI is InChI=1S/C10H8Cl2N4S/c1-17-7-4-2-6(3-5-7)13-9-8(11)15-16-10(12)14-9/h2-5H,1H3,(H,13,14,16). The Balaban J connectivity index is 2.22. The molecule has 2 rings (SSSR count). The Morgan fingerprint density at radius 2 is 1.82 bits per heavy atom. The van der Waals surface area contributed by atoms with Crippen molar-refractivity contribution in [1.82, 2.24) is 15.2 Å². The quantitative estimate of drug-likeness (QED) is 0.873. The Kier molecular flexibility index (Phi) is 4.04. The normalized spacial score (nSPS) is 10.3. The molecular formula is C10H8Cl2N4S. The first-order valence-corrected chi connectivity index (χ1v) is 6.64. The SMILES string of the molecule is CSc1ccc(Nc2nc(Cl)nnc2Cl)cc1. The van der Waals surface area contributed by atoms with Crippen LogP contribution in [0.3, 0.4) is 0 Å². The lowest BCUT2D eigenvalue weighted by molar-refractivity contribution is 0.974. The number of hydrogen-bond acceptors (Lipinski definition) is 5. The maximum Gasteiger partial charge on any atom is 0.245 e. The van der Waals surface area contributed by atoms with Gasteiger partial charge in [-0.2, -0.15) is 4.98 Å². The molecular weight excluding hydrogens is 279 g/mol. The maximum atomic E-state index is 5.84. The van der Waals surface area contributed by atoms with Crippen LogP contribution in [0.15, 0.2) is 29.2 Å². The number of halogens is 2. The molecule has 1 heterocycles. The van der Waals surface area contributed by atoms with E-state index in [1.54, 1.807) is 11.8 Å². The molecule has 88 valence electrons. The van der Waals surface area contributed by atoms with Crippen molar-refractivity contribution in [2.45, 2.75) is 4.90 Å². The number of thioether (sulfide) groups is 1. The highest BCUT2D eigenvalue weighted by Gasteiger charge is 2.06. The molecule has 0 atom stereocenters. The van der Waals surface area contributed by atoms with Crippen LogP contribution in [0.5, 0.6) is 0 Å². The summed E-state index contributed by atoms with van der Waals surface area (Å²) in [6.07, 6.45) is 2.02. The van der Waals surface area contributed by atoms with Gasteiger partial charge in [0.1, 0.15) is 0 Å². The van der Waals surface area contributed by atoms with Crippen LogP contribution in [-0.4, -0.2) is 21.4 Å². The van der Waals surface area contributed by atoms with Crippen molar-refractivity contribution >= 4 is 46.5 Å². The third kappa shape index (κ3) is 3.21. The summed E-state index contributed by atoms with van der Waals surface area (Å²) in [5.41, 5.74) is 0.862. The number of hydrogen-bond donors (Lipinski definition) is 1. The average molecular weight is 287 g/mol. The first-order chi connectivity index (χ1) is 8.19. The molecule has 0 fully saturated rings. The van der Waals surface area contributed by atoms with Crippen LogP contribution < -0.4 is 5.32 Å². The molecule has 2 aromatic rings. The topological polar surface area (TPSA) is 50.7 Å². The molecule has 7 heteroatoms. The first kappa shape index (κ1) is 12.4. The summed E-state index contributed by atoms with van der Waals surface area (Å²) in [7, 11) is 0. The Hall–Kier alpha value is -1.04. The first-order valence-electron chi connectivity index (χ1n) is 4.66. The smallest absolute Gasteiger partial charge is 0.245 e. The molecule has 1 aromatic heterocycles. The molecule has 1 N–H and O–H groups in total. The van der Waals surface area contributed by atoms with Crippen molar-refractivity contribution in [3.05, 3.63) is 34.7 Å². The zero-order valence-corrected chi connectivity index (χ0v) is 11.1. The van der Waals surface area contributed by atoms with Gasteiger partial charge in [-0.1, -0.05) is 11.6 Å². The van der Waals surface area contributed by atoms with Crippen LogP contribution >= 0.6 is 35.0 Å². The van der Waals surface area contributed by atoms with Crippen molar-refractivity contribution in [2.24, 2.45) is 0 Å². The summed E-state index contributed by atoms with van der Waals surface area (Å²) in [4.78, 5) is 5.14. The number of aromatic nitrogens is 3. The second kappa shape index (κ2) is 5.53. The van der Waals surface area contributed by atoms with Gasteiger partial charge in [-0.25, -0.2) is 0 Å². The summed E-state index contributed by atoms with van der Waals surface area (Å²) < 4.78 is 0. The maximum absolute atomic E-state index is 5.84. The zero-order chi connectivity index (χ0) is 12.3. The highest BCUT2D eigenvalue weighted by molar-refractivity contribution is 7.98. The highest BCUT2D eigenvalue weighted by Crippen LogP contribution is 2.23. The molecule has 0 unspecified atom stereocenters. The molecule has 0 saturated heterocycles. The summed E-state index contributed by atoms with van der Waals surface area (Å²) in [6.45, 7) is 0. The molecule has 0 amide bonds. The van der Waals surface area contributed by atoms with E-state index in [1.165, 1.54) is 4.90 Å². The van der Waals surface area contributed by atoms with Gasteiger partial charge in [0.25, 0.3) is 0 Å². The van der Waals surface area contributed by atoms with E-state index in [-0.39, 0.29) is 10.4 Å². The van der Waals surface area contributed by atoms with E-state index in [4.69, 9.17) is 23.2 Å². The van der Waals surface area contributed by atoms with Crippen LogP contribution in [0.4, 0.5) is 11.5 Å². The predicted octanol–water partition coefficient (Wildman–Crippen LogP) is 3.64. The van der Waals surface area contributed by atoms with Gasteiger partial charge < -0.3 is 5.32 Å². The minimum atomic E-state index is 0.0534. The lowest BCUT2D eigenvalue weighted by Gasteiger charge is -2.06. The molecule has 4 nitrogen and oxygen atoms in total. The lowest BCUT2D eigenvalue weighted by Crippen LogP contribution is -1.98. The Bertz CT molecular complexity index is 518. The third-order valence-corrected chi connectivity index (χ3v) is 3.13. The Morgan fingerprint density at radius 1 is 1.12 bits per heavy atom. The molecule has 17 heavy (non-hydrogen) atoms. The monoisotopic (exact) mass is 286 g/mol. The van der Waals surface area contributed by atoms with Gasteiger partial charge in [-0.05, 0) is 42.1 Å². The van der Waals surface area contributed by atoms with Crippen molar-refractivity contribution in [3.63, 3.8) is 0 Å². The number of anilines is 2. The number of nitrogens with one attached hydrogen (secondary N) is 1. The van der Waals surface area contributed by atoms with E-state index < -0.39 is 0 Å². The fourth-order valence-electron chi connectivity index (χ4n) is 1.18. The average Bonchev–Trinajstić information content (AvgIpc) is 2.35. The summed E-state index contributed by atoms with van der Waals surface area (Å²) in [6, 6.07) is 7.85. The van der Waals surface area contributed by atoms with Gasteiger partial charge in [-0.15, -0.1) is 22.0 Å². The second-order valence-corrected chi connectivity index (χ2v) is 4.65. The molecule has 0 saturated carbocycles. The van der Waals surface area contributed by atoms with Crippen LogP contribution in [-0.2, 0) is 0 Å². The van der Waals surface area contributed by atoms with E-state index in [2.05, 4.69) is 20.5 Å². The zero-order valence-electron chi connectivity index (χ0n) is 8.82. The van der Waals surface area contributed by atoms with Gasteiger partial charge in [0.2, 0.25) is 5.28 Å². The van der Waals surface area contributed by atoms with Crippen molar-refractivity contribution in [1.29, 1.82) is 0 Å². The van der Waals surface area contributed by atoms with Gasteiger partial charge in [0, 0.05) is 10.6 Å². The Labute approximate surface area is 113 Å². The van der Waals surface area contributed by atoms with E-state index >= 15 is 0 Å². The number of nitrogens with zero attached hydrogens (tertiary/aromatic N) is 3. The van der Waals surface area contributed by atoms with Gasteiger partial charge in [0.05, 0.1) is 0 Å². The largest absolute Gasteiger partial charge is 0.338 e. The van der Waals surface area contributed by atoms with Crippen molar-refractivity contribution in [2.75, 3.05) is 11.6 Å². The van der Waals surface area contributed by atoms with Crippen LogP contribution in [0.25, 0.3) is 0 Å². The number of rotatable bonds is 3. The molecule has 0 aliphatic heterocycles. The molecule has 0 aliphatic carbocycles. The molecule has 1 aromatic carbocycles. The summed E-state index contributed by atoms with van der Waals surface area (Å²) >= 11 is 13.2. The van der Waals surface area contributed by atoms with Crippen LogP contribution in [0.2, 0.25) is 10.4 Å². The van der Waals surface area contributed by atoms with E-state index in [0.29, 0.717) is 5.82 Å². The minimum Gasteiger partial charge on any atom is -0.338 e. The van der Waals surface area contributed by atoms with E-state index in [9.17, 15) is 0 Å². The molecule has 0 aliphatic rings. The molecule has 0 spiro atoms. The molecule has 0 radical (unpaired) electrons. The highest BCUT2D eigenvalue weighted by atomic mass is 35.5. The summed E-state index contributed by atoms with van der Waals surface area (Å²) in [5, 5.41) is 10.5. The second-order valence-electron chi connectivity index (χ2n) is 3.07. The fraction of sp³-hybridized carbons (Fsp3) is 0.100. The lowest BCUT2D eigenvalue weighted by atomic mass is 10.3. The van der Waals surface area contributed by atoms with Gasteiger partial charge >= 0.3 is 0 Å². The minimum absolute atomic E-state index is 0.0534. The van der Waals surface area contributed by atoms with Crippen molar-refractivity contribution in [3.8, 4) is 0 Å². The van der Waals surface area contributed by atoms with E-state index in [1.807, 2.05) is 30.5 Å². The predicted molar refractivity (Wildman–Crippen MR) is 71.4 cm³/mol. The number of benzene rings is 1. The van der Waals surface area contributed by atoms with Gasteiger partial charge in [-0.3, -0.25) is 0 Å². The summed E-state index contributed by atoms with van der Waals surface area (Å²) in [5.74, 6) is 0.392. The van der Waals surface area contributed by atoms with E-state index in [0.717, 1.165) is 5.69 Å².